The van der Waals surface area contributed by atoms with Gasteiger partial charge in [0, 0.05) is 8.95 Å². The molecular formula is C16H13Br2ClO. The lowest BCUT2D eigenvalue weighted by Gasteiger charge is -2.19. The lowest BCUT2D eigenvalue weighted by molar-refractivity contribution is 0.288. The summed E-state index contributed by atoms with van der Waals surface area (Å²) in [6, 6.07) is 12.4. The van der Waals surface area contributed by atoms with Crippen molar-refractivity contribution >= 4 is 43.5 Å². The Labute approximate surface area is 140 Å². The molecule has 1 aliphatic heterocycles. The van der Waals surface area contributed by atoms with E-state index in [4.69, 9.17) is 16.3 Å². The van der Waals surface area contributed by atoms with E-state index in [-0.39, 0.29) is 5.38 Å². The summed E-state index contributed by atoms with van der Waals surface area (Å²) in [7, 11) is 0. The zero-order chi connectivity index (χ0) is 14.1. The Balaban J connectivity index is 1.95. The lowest BCUT2D eigenvalue weighted by atomic mass is 9.99. The normalized spacial score (nSPS) is 15.3. The summed E-state index contributed by atoms with van der Waals surface area (Å²) in [5, 5.41) is -0.156. The van der Waals surface area contributed by atoms with Gasteiger partial charge in [-0.2, -0.15) is 0 Å². The lowest BCUT2D eigenvalue weighted by Crippen LogP contribution is -2.09. The fourth-order valence-corrected chi connectivity index (χ4v) is 4.04. The second-order valence-corrected chi connectivity index (χ2v) is 7.15. The van der Waals surface area contributed by atoms with Crippen LogP contribution in [0.25, 0.3) is 0 Å². The molecule has 104 valence electrons. The first kappa shape index (κ1) is 14.4. The standard InChI is InChI=1S/C16H13Br2ClO/c17-13-7-12(8-14(18)9-13)16(19)11-3-4-15-10(6-11)2-1-5-20-15/h3-4,6-9,16H,1-2,5H2. The van der Waals surface area contributed by atoms with Crippen molar-refractivity contribution in [2.45, 2.75) is 18.2 Å². The minimum Gasteiger partial charge on any atom is -0.493 e. The molecule has 0 fully saturated rings. The maximum atomic E-state index is 6.64. The van der Waals surface area contributed by atoms with E-state index >= 15 is 0 Å². The molecule has 0 saturated carbocycles. The number of rotatable bonds is 2. The van der Waals surface area contributed by atoms with Gasteiger partial charge >= 0.3 is 0 Å². The van der Waals surface area contributed by atoms with Crippen LogP contribution in [0.1, 0.15) is 28.5 Å². The Kier molecular flexibility index (Phi) is 4.39. The molecular weight excluding hydrogens is 403 g/mol. The monoisotopic (exact) mass is 414 g/mol. The van der Waals surface area contributed by atoms with Gasteiger partial charge < -0.3 is 4.74 Å². The highest BCUT2D eigenvalue weighted by atomic mass is 79.9. The van der Waals surface area contributed by atoms with Gasteiger partial charge in [0.1, 0.15) is 5.75 Å². The molecule has 20 heavy (non-hydrogen) atoms. The highest BCUT2D eigenvalue weighted by molar-refractivity contribution is 9.11. The second-order valence-electron chi connectivity index (χ2n) is 4.88. The van der Waals surface area contributed by atoms with Crippen molar-refractivity contribution < 1.29 is 4.74 Å². The van der Waals surface area contributed by atoms with Crippen molar-refractivity contribution in [3.63, 3.8) is 0 Å². The van der Waals surface area contributed by atoms with Crippen LogP contribution in [0.2, 0.25) is 0 Å². The predicted molar refractivity (Wildman–Crippen MR) is 89.8 cm³/mol. The molecule has 2 aromatic carbocycles. The highest BCUT2D eigenvalue weighted by Crippen LogP contribution is 2.35. The van der Waals surface area contributed by atoms with E-state index < -0.39 is 0 Å². The molecule has 1 heterocycles. The Morgan fingerprint density at radius 3 is 2.50 bits per heavy atom. The van der Waals surface area contributed by atoms with Crippen LogP contribution >= 0.6 is 43.5 Å². The third-order valence-corrected chi connectivity index (χ3v) is 4.82. The minimum atomic E-state index is -0.156. The molecule has 1 aliphatic rings. The van der Waals surface area contributed by atoms with Gasteiger partial charge in [0.15, 0.2) is 0 Å². The van der Waals surface area contributed by atoms with Crippen LogP contribution in [-0.4, -0.2) is 6.61 Å². The second kappa shape index (κ2) is 6.08. The summed E-state index contributed by atoms with van der Waals surface area (Å²) >= 11 is 13.6. The number of ether oxygens (including phenoxy) is 1. The average molecular weight is 417 g/mol. The molecule has 1 nitrogen and oxygen atoms in total. The molecule has 0 aliphatic carbocycles. The Bertz CT molecular complexity index is 622. The van der Waals surface area contributed by atoms with Crippen LogP contribution in [0.4, 0.5) is 0 Å². The Morgan fingerprint density at radius 1 is 1.00 bits per heavy atom. The van der Waals surface area contributed by atoms with E-state index in [0.717, 1.165) is 45.3 Å². The topological polar surface area (TPSA) is 9.23 Å². The molecule has 2 aromatic rings. The molecule has 4 heteroatoms. The minimum absolute atomic E-state index is 0.156. The van der Waals surface area contributed by atoms with E-state index in [1.807, 2.05) is 12.1 Å². The number of halogens is 3. The van der Waals surface area contributed by atoms with Gasteiger partial charge in [-0.1, -0.05) is 44.0 Å². The largest absolute Gasteiger partial charge is 0.493 e. The number of fused-ring (bicyclic) bond motifs is 1. The Hall–Kier alpha value is -0.510. The van der Waals surface area contributed by atoms with E-state index in [1.54, 1.807) is 0 Å². The van der Waals surface area contributed by atoms with Gasteiger partial charge in [-0.15, -0.1) is 11.6 Å². The SMILES string of the molecule is ClC(c1cc(Br)cc(Br)c1)c1ccc2c(c1)CCCO2. The van der Waals surface area contributed by atoms with Gasteiger partial charge in [-0.25, -0.2) is 0 Å². The molecule has 0 spiro atoms. The van der Waals surface area contributed by atoms with Crippen molar-refractivity contribution in [2.75, 3.05) is 6.61 Å². The van der Waals surface area contributed by atoms with E-state index in [2.05, 4.69) is 56.1 Å². The first-order chi connectivity index (χ1) is 9.63. The van der Waals surface area contributed by atoms with Crippen molar-refractivity contribution in [2.24, 2.45) is 0 Å². The van der Waals surface area contributed by atoms with Crippen molar-refractivity contribution in [1.82, 2.24) is 0 Å². The smallest absolute Gasteiger partial charge is 0.122 e. The average Bonchev–Trinajstić information content (AvgIpc) is 2.45. The third-order valence-electron chi connectivity index (χ3n) is 3.40. The molecule has 0 radical (unpaired) electrons. The molecule has 0 amide bonds. The molecule has 1 unspecified atom stereocenters. The first-order valence-electron chi connectivity index (χ1n) is 6.49. The van der Waals surface area contributed by atoms with Crippen molar-refractivity contribution in [3.05, 3.63) is 62.0 Å². The maximum absolute atomic E-state index is 6.64. The number of alkyl halides is 1. The van der Waals surface area contributed by atoms with Crippen LogP contribution in [0.5, 0.6) is 5.75 Å². The van der Waals surface area contributed by atoms with E-state index in [1.165, 1.54) is 5.56 Å². The van der Waals surface area contributed by atoms with Gasteiger partial charge in [0.05, 0.1) is 12.0 Å². The molecule has 1 atom stereocenters. The molecule has 0 N–H and O–H groups in total. The summed E-state index contributed by atoms with van der Waals surface area (Å²) in [5.74, 6) is 0.999. The third kappa shape index (κ3) is 3.05. The van der Waals surface area contributed by atoms with Crippen molar-refractivity contribution in [1.29, 1.82) is 0 Å². The predicted octanol–water partition coefficient (Wildman–Crippen LogP) is 5.86. The van der Waals surface area contributed by atoms with Crippen LogP contribution in [0.3, 0.4) is 0 Å². The van der Waals surface area contributed by atoms with Gasteiger partial charge in [0.25, 0.3) is 0 Å². The number of hydrogen-bond donors (Lipinski definition) is 0. The summed E-state index contributed by atoms with van der Waals surface area (Å²) in [6.45, 7) is 0.815. The summed E-state index contributed by atoms with van der Waals surface area (Å²) < 4.78 is 7.69. The molecule has 0 aromatic heterocycles. The highest BCUT2D eigenvalue weighted by Gasteiger charge is 2.16. The maximum Gasteiger partial charge on any atom is 0.122 e. The fraction of sp³-hybridized carbons (Fsp3) is 0.250. The molecule has 3 rings (SSSR count). The van der Waals surface area contributed by atoms with Crippen LogP contribution in [0, 0.1) is 0 Å². The van der Waals surface area contributed by atoms with Crippen LogP contribution in [0.15, 0.2) is 45.3 Å². The molecule has 0 bridgehead atoms. The van der Waals surface area contributed by atoms with Crippen molar-refractivity contribution in [3.8, 4) is 5.75 Å². The summed E-state index contributed by atoms with van der Waals surface area (Å²) in [6.07, 6.45) is 2.14. The van der Waals surface area contributed by atoms with Gasteiger partial charge in [0.2, 0.25) is 0 Å². The van der Waals surface area contributed by atoms with E-state index in [0.29, 0.717) is 0 Å². The van der Waals surface area contributed by atoms with E-state index in [9.17, 15) is 0 Å². The summed E-state index contributed by atoms with van der Waals surface area (Å²) in [5.41, 5.74) is 3.44. The zero-order valence-electron chi connectivity index (χ0n) is 10.7. The fourth-order valence-electron chi connectivity index (χ4n) is 2.45. The number of hydrogen-bond acceptors (Lipinski definition) is 1. The Morgan fingerprint density at radius 2 is 1.75 bits per heavy atom. The summed E-state index contributed by atoms with van der Waals surface area (Å²) in [4.78, 5) is 0. The molecule has 0 saturated heterocycles. The number of benzene rings is 2. The van der Waals surface area contributed by atoms with Crippen LogP contribution < -0.4 is 4.74 Å². The van der Waals surface area contributed by atoms with Crippen LogP contribution in [-0.2, 0) is 6.42 Å². The van der Waals surface area contributed by atoms with Gasteiger partial charge in [-0.05, 0) is 53.8 Å². The zero-order valence-corrected chi connectivity index (χ0v) is 14.6. The first-order valence-corrected chi connectivity index (χ1v) is 8.51. The van der Waals surface area contributed by atoms with Gasteiger partial charge in [-0.3, -0.25) is 0 Å². The quantitative estimate of drug-likeness (QED) is 0.557. The number of aryl methyl sites for hydroxylation is 1.